The largest absolute Gasteiger partial charge is 0.453 e. The number of carbonyl (C=O) groups is 1. The number of nitrogens with zero attached hydrogens (tertiary/aromatic N) is 4. The zero-order chi connectivity index (χ0) is 22.4. The molecule has 0 aliphatic heterocycles. The standard InChI is InChI=1S/C21H18F3N5OS/c1-20(2,3)14-9-7-12(8-10-14)16(30)25-15-6-4-5-13(11-15)17-28-29-18(21(22,23)24)26-27-19(29)31-17/h4-11H,1-3H3,(H,25,30). The van der Waals surface area contributed by atoms with Gasteiger partial charge in [0.05, 0.1) is 0 Å². The molecule has 10 heteroatoms. The van der Waals surface area contributed by atoms with Gasteiger partial charge in [0.25, 0.3) is 11.7 Å². The topological polar surface area (TPSA) is 72.2 Å². The predicted molar refractivity (Wildman–Crippen MR) is 112 cm³/mol. The summed E-state index contributed by atoms with van der Waals surface area (Å²) >= 11 is 0.981. The molecule has 0 spiro atoms. The Kier molecular flexibility index (Phi) is 5.04. The quantitative estimate of drug-likeness (QED) is 0.457. The SMILES string of the molecule is CC(C)(C)c1ccc(C(=O)Nc2cccc(-c3nn4c(C(F)(F)F)nnc4s3)c2)cc1. The molecule has 1 amide bonds. The highest BCUT2D eigenvalue weighted by molar-refractivity contribution is 7.19. The number of carbonyl (C=O) groups excluding carboxylic acids is 1. The molecule has 31 heavy (non-hydrogen) atoms. The number of amides is 1. The van der Waals surface area contributed by atoms with Gasteiger partial charge in [0.15, 0.2) is 0 Å². The lowest BCUT2D eigenvalue weighted by Gasteiger charge is -2.19. The van der Waals surface area contributed by atoms with E-state index in [0.29, 0.717) is 26.3 Å². The van der Waals surface area contributed by atoms with Gasteiger partial charge in [-0.2, -0.15) is 22.8 Å². The van der Waals surface area contributed by atoms with Crippen LogP contribution in [0.5, 0.6) is 0 Å². The van der Waals surface area contributed by atoms with Crippen LogP contribution in [0.15, 0.2) is 48.5 Å². The van der Waals surface area contributed by atoms with Crippen molar-refractivity contribution < 1.29 is 18.0 Å². The lowest BCUT2D eigenvalue weighted by molar-refractivity contribution is -0.146. The third-order valence-electron chi connectivity index (χ3n) is 4.62. The van der Waals surface area contributed by atoms with Crippen LogP contribution in [0.25, 0.3) is 15.5 Å². The second-order valence-corrected chi connectivity index (χ2v) is 8.94. The molecular formula is C21H18F3N5OS. The Morgan fingerprint density at radius 3 is 2.39 bits per heavy atom. The third-order valence-corrected chi connectivity index (χ3v) is 5.57. The maximum atomic E-state index is 13.0. The van der Waals surface area contributed by atoms with Gasteiger partial charge in [-0.3, -0.25) is 4.79 Å². The fourth-order valence-corrected chi connectivity index (χ4v) is 3.80. The summed E-state index contributed by atoms with van der Waals surface area (Å²) in [5.41, 5.74) is 2.67. The number of anilines is 1. The smallest absolute Gasteiger partial charge is 0.322 e. The Balaban J connectivity index is 1.57. The number of fused-ring (bicyclic) bond motifs is 1. The first-order valence-corrected chi connectivity index (χ1v) is 10.2. The van der Waals surface area contributed by atoms with Gasteiger partial charge in [-0.15, -0.1) is 10.2 Å². The summed E-state index contributed by atoms with van der Waals surface area (Å²) in [7, 11) is 0. The molecule has 0 bridgehead atoms. The third kappa shape index (κ3) is 4.29. The van der Waals surface area contributed by atoms with E-state index in [1.165, 1.54) is 0 Å². The zero-order valence-corrected chi connectivity index (χ0v) is 17.7. The number of hydrogen-bond acceptors (Lipinski definition) is 5. The van der Waals surface area contributed by atoms with Gasteiger partial charge < -0.3 is 5.32 Å². The van der Waals surface area contributed by atoms with Crippen molar-refractivity contribution in [2.24, 2.45) is 0 Å². The van der Waals surface area contributed by atoms with Crippen LogP contribution in [0.3, 0.4) is 0 Å². The molecule has 4 aromatic rings. The summed E-state index contributed by atoms with van der Waals surface area (Å²) in [6.45, 7) is 6.28. The summed E-state index contributed by atoms with van der Waals surface area (Å²) < 4.78 is 39.7. The van der Waals surface area contributed by atoms with Gasteiger partial charge in [0, 0.05) is 16.8 Å². The average molecular weight is 445 g/mol. The first-order valence-electron chi connectivity index (χ1n) is 9.34. The molecule has 4 rings (SSSR count). The van der Waals surface area contributed by atoms with E-state index in [-0.39, 0.29) is 16.3 Å². The van der Waals surface area contributed by atoms with Crippen molar-refractivity contribution in [3.05, 3.63) is 65.5 Å². The van der Waals surface area contributed by atoms with Gasteiger partial charge >= 0.3 is 6.18 Å². The summed E-state index contributed by atoms with van der Waals surface area (Å²) in [4.78, 5) is 12.6. The molecule has 160 valence electrons. The average Bonchev–Trinajstić information content (AvgIpc) is 3.28. The van der Waals surface area contributed by atoms with Crippen molar-refractivity contribution in [1.29, 1.82) is 0 Å². The molecule has 6 nitrogen and oxygen atoms in total. The van der Waals surface area contributed by atoms with Crippen LogP contribution in [0, 0.1) is 0 Å². The fourth-order valence-electron chi connectivity index (χ4n) is 2.97. The normalized spacial score (nSPS) is 12.3. The van der Waals surface area contributed by atoms with E-state index in [9.17, 15) is 18.0 Å². The van der Waals surface area contributed by atoms with Crippen molar-refractivity contribution in [3.63, 3.8) is 0 Å². The van der Waals surface area contributed by atoms with E-state index >= 15 is 0 Å². The molecule has 2 aromatic carbocycles. The Labute approximate surface area is 179 Å². The Hall–Kier alpha value is -3.27. The second kappa shape index (κ2) is 7.45. The van der Waals surface area contributed by atoms with Gasteiger partial charge in [0.1, 0.15) is 5.01 Å². The highest BCUT2D eigenvalue weighted by Crippen LogP contribution is 2.32. The predicted octanol–water partition coefficient (Wildman–Crippen LogP) is 5.42. The Morgan fingerprint density at radius 1 is 1.03 bits per heavy atom. The Morgan fingerprint density at radius 2 is 1.74 bits per heavy atom. The minimum absolute atomic E-state index is 0.0156. The monoisotopic (exact) mass is 445 g/mol. The molecule has 0 aliphatic rings. The number of rotatable bonds is 3. The molecular weight excluding hydrogens is 427 g/mol. The minimum Gasteiger partial charge on any atom is -0.322 e. The molecule has 0 saturated carbocycles. The summed E-state index contributed by atoms with van der Waals surface area (Å²) in [6.07, 6.45) is -4.65. The van der Waals surface area contributed by atoms with Crippen molar-refractivity contribution in [2.75, 3.05) is 5.32 Å². The van der Waals surface area contributed by atoms with Crippen molar-refractivity contribution in [2.45, 2.75) is 32.4 Å². The fraction of sp³-hybridized carbons (Fsp3) is 0.238. The maximum absolute atomic E-state index is 13.0. The van der Waals surface area contributed by atoms with E-state index < -0.39 is 12.0 Å². The van der Waals surface area contributed by atoms with Crippen LogP contribution in [0.4, 0.5) is 18.9 Å². The number of halogens is 3. The van der Waals surface area contributed by atoms with Gasteiger partial charge in [-0.05, 0) is 35.2 Å². The zero-order valence-electron chi connectivity index (χ0n) is 16.9. The molecule has 2 aromatic heterocycles. The van der Waals surface area contributed by atoms with E-state index in [2.05, 4.69) is 41.4 Å². The van der Waals surface area contributed by atoms with Crippen LogP contribution in [0.1, 0.15) is 42.5 Å². The molecule has 2 heterocycles. The summed E-state index contributed by atoms with van der Waals surface area (Å²) in [5.74, 6) is -1.46. The van der Waals surface area contributed by atoms with Crippen LogP contribution in [0.2, 0.25) is 0 Å². The number of alkyl halides is 3. The molecule has 1 N–H and O–H groups in total. The minimum atomic E-state index is -4.65. The number of nitrogens with one attached hydrogen (secondary N) is 1. The summed E-state index contributed by atoms with van der Waals surface area (Å²) in [5, 5.41) is 13.8. The van der Waals surface area contributed by atoms with Gasteiger partial charge in [-0.1, -0.05) is 56.4 Å². The van der Waals surface area contributed by atoms with Gasteiger partial charge in [0.2, 0.25) is 4.96 Å². The number of aromatic nitrogens is 4. The molecule has 0 saturated heterocycles. The second-order valence-electron chi connectivity index (χ2n) is 7.99. The van der Waals surface area contributed by atoms with Crippen LogP contribution < -0.4 is 5.32 Å². The number of benzene rings is 2. The van der Waals surface area contributed by atoms with Crippen molar-refractivity contribution >= 4 is 27.9 Å². The summed E-state index contributed by atoms with van der Waals surface area (Å²) in [6, 6.07) is 14.1. The van der Waals surface area contributed by atoms with Gasteiger partial charge in [-0.25, -0.2) is 0 Å². The van der Waals surface area contributed by atoms with Crippen molar-refractivity contribution in [3.8, 4) is 10.6 Å². The molecule has 0 fully saturated rings. The maximum Gasteiger partial charge on any atom is 0.453 e. The molecule has 0 atom stereocenters. The number of hydrogen-bond donors (Lipinski definition) is 1. The van der Waals surface area contributed by atoms with E-state index in [4.69, 9.17) is 0 Å². The molecule has 0 aliphatic carbocycles. The van der Waals surface area contributed by atoms with E-state index in [1.54, 1.807) is 36.4 Å². The van der Waals surface area contributed by atoms with E-state index in [1.807, 2.05) is 12.1 Å². The first-order chi connectivity index (χ1) is 14.5. The van der Waals surface area contributed by atoms with Crippen LogP contribution in [-0.4, -0.2) is 25.7 Å². The highest BCUT2D eigenvalue weighted by Gasteiger charge is 2.38. The van der Waals surface area contributed by atoms with E-state index in [0.717, 1.165) is 16.9 Å². The molecule has 0 unspecified atom stereocenters. The first kappa shape index (κ1) is 21.0. The van der Waals surface area contributed by atoms with Crippen LogP contribution in [-0.2, 0) is 11.6 Å². The molecule has 0 radical (unpaired) electrons. The lowest BCUT2D eigenvalue weighted by Crippen LogP contribution is -2.14. The van der Waals surface area contributed by atoms with Crippen LogP contribution >= 0.6 is 11.3 Å². The van der Waals surface area contributed by atoms with Crippen molar-refractivity contribution in [1.82, 2.24) is 19.8 Å². The highest BCUT2D eigenvalue weighted by atomic mass is 32.1. The Bertz CT molecular complexity index is 1250. The lowest BCUT2D eigenvalue weighted by atomic mass is 9.87.